The van der Waals surface area contributed by atoms with Gasteiger partial charge in [0.25, 0.3) is 0 Å². The summed E-state index contributed by atoms with van der Waals surface area (Å²) in [5, 5.41) is 3.34. The molecule has 0 aliphatic rings. The predicted octanol–water partition coefficient (Wildman–Crippen LogP) is 4.14. The molecule has 0 aliphatic heterocycles. The van der Waals surface area contributed by atoms with Crippen molar-refractivity contribution < 1.29 is 4.74 Å². The minimum Gasteiger partial charge on any atom is -0.497 e. The van der Waals surface area contributed by atoms with Crippen LogP contribution in [0.15, 0.2) is 42.5 Å². The molecule has 100 valence electrons. The number of nitrogens with two attached hydrogens (primary N) is 1. The van der Waals surface area contributed by atoms with Gasteiger partial charge >= 0.3 is 0 Å². The van der Waals surface area contributed by atoms with E-state index in [0.717, 1.165) is 17.1 Å². The number of nitrogens with one attached hydrogen (secondary N) is 1. The van der Waals surface area contributed by atoms with E-state index in [2.05, 4.69) is 37.4 Å². The van der Waals surface area contributed by atoms with Crippen LogP contribution in [0.3, 0.4) is 0 Å². The monoisotopic (exact) mass is 256 g/mol. The molecule has 0 saturated heterocycles. The van der Waals surface area contributed by atoms with E-state index in [9.17, 15) is 0 Å². The van der Waals surface area contributed by atoms with Crippen molar-refractivity contribution >= 4 is 17.1 Å². The van der Waals surface area contributed by atoms with E-state index in [1.54, 1.807) is 7.11 Å². The van der Waals surface area contributed by atoms with Crippen LogP contribution in [0.5, 0.6) is 5.75 Å². The fourth-order valence-corrected chi connectivity index (χ4v) is 1.91. The molecule has 0 atom stereocenters. The van der Waals surface area contributed by atoms with E-state index < -0.39 is 0 Å². The van der Waals surface area contributed by atoms with Crippen LogP contribution < -0.4 is 15.8 Å². The SMILES string of the molecule is COc1ccc(Nc2cccc(C(C)C)c2)c(N)c1. The molecule has 0 saturated carbocycles. The standard InChI is InChI=1S/C16H20N2O/c1-11(2)12-5-4-6-13(9-12)18-16-8-7-14(19-3)10-15(16)17/h4-11,18H,17H2,1-3H3. The van der Waals surface area contributed by atoms with Crippen molar-refractivity contribution in [2.45, 2.75) is 19.8 Å². The number of nitrogen functional groups attached to an aromatic ring is 1. The zero-order valence-corrected chi connectivity index (χ0v) is 11.6. The average molecular weight is 256 g/mol. The topological polar surface area (TPSA) is 47.3 Å². The summed E-state index contributed by atoms with van der Waals surface area (Å²) < 4.78 is 5.14. The lowest BCUT2D eigenvalue weighted by Crippen LogP contribution is -1.98. The normalized spacial score (nSPS) is 10.5. The average Bonchev–Trinajstić information content (AvgIpc) is 2.41. The molecular weight excluding hydrogens is 236 g/mol. The smallest absolute Gasteiger partial charge is 0.121 e. The highest BCUT2D eigenvalue weighted by Gasteiger charge is 2.04. The number of hydrogen-bond donors (Lipinski definition) is 2. The van der Waals surface area contributed by atoms with Crippen LogP contribution in [0.2, 0.25) is 0 Å². The minimum atomic E-state index is 0.509. The highest BCUT2D eigenvalue weighted by atomic mass is 16.5. The van der Waals surface area contributed by atoms with Crippen LogP contribution in [0.1, 0.15) is 25.3 Å². The number of anilines is 3. The van der Waals surface area contributed by atoms with Gasteiger partial charge in [-0.2, -0.15) is 0 Å². The summed E-state index contributed by atoms with van der Waals surface area (Å²) in [5.74, 6) is 1.27. The number of benzene rings is 2. The van der Waals surface area contributed by atoms with E-state index >= 15 is 0 Å². The zero-order chi connectivity index (χ0) is 13.8. The lowest BCUT2D eigenvalue weighted by molar-refractivity contribution is 0.415. The Bertz CT molecular complexity index is 564. The second-order valence-corrected chi connectivity index (χ2v) is 4.86. The van der Waals surface area contributed by atoms with Crippen LogP contribution in [0.25, 0.3) is 0 Å². The van der Waals surface area contributed by atoms with E-state index in [1.807, 2.05) is 24.3 Å². The first-order valence-electron chi connectivity index (χ1n) is 6.40. The summed E-state index contributed by atoms with van der Waals surface area (Å²) in [6, 6.07) is 14.0. The molecule has 2 aromatic carbocycles. The van der Waals surface area contributed by atoms with Crippen molar-refractivity contribution in [2.24, 2.45) is 0 Å². The van der Waals surface area contributed by atoms with Gasteiger partial charge in [0.05, 0.1) is 18.5 Å². The molecule has 3 N–H and O–H groups in total. The molecule has 0 amide bonds. The Kier molecular flexibility index (Phi) is 3.95. The van der Waals surface area contributed by atoms with Gasteiger partial charge in [-0.15, -0.1) is 0 Å². The minimum absolute atomic E-state index is 0.509. The van der Waals surface area contributed by atoms with Gasteiger partial charge in [-0.1, -0.05) is 26.0 Å². The molecule has 19 heavy (non-hydrogen) atoms. The molecule has 0 aromatic heterocycles. The van der Waals surface area contributed by atoms with Gasteiger partial charge in [-0.25, -0.2) is 0 Å². The van der Waals surface area contributed by atoms with Crippen LogP contribution in [-0.2, 0) is 0 Å². The van der Waals surface area contributed by atoms with Crippen LogP contribution >= 0.6 is 0 Å². The highest BCUT2D eigenvalue weighted by molar-refractivity contribution is 5.74. The highest BCUT2D eigenvalue weighted by Crippen LogP contribution is 2.28. The predicted molar refractivity (Wildman–Crippen MR) is 81.2 cm³/mol. The lowest BCUT2D eigenvalue weighted by atomic mass is 10.0. The lowest BCUT2D eigenvalue weighted by Gasteiger charge is -2.13. The van der Waals surface area contributed by atoms with Gasteiger partial charge in [0.15, 0.2) is 0 Å². The fourth-order valence-electron chi connectivity index (χ4n) is 1.91. The van der Waals surface area contributed by atoms with Crippen LogP contribution in [0, 0.1) is 0 Å². The van der Waals surface area contributed by atoms with Crippen molar-refractivity contribution in [1.82, 2.24) is 0 Å². The zero-order valence-electron chi connectivity index (χ0n) is 11.6. The Morgan fingerprint density at radius 1 is 1.11 bits per heavy atom. The van der Waals surface area contributed by atoms with Crippen molar-refractivity contribution in [2.75, 3.05) is 18.2 Å². The van der Waals surface area contributed by atoms with E-state index in [0.29, 0.717) is 11.6 Å². The number of hydrogen-bond acceptors (Lipinski definition) is 3. The van der Waals surface area contributed by atoms with Crippen molar-refractivity contribution in [3.63, 3.8) is 0 Å². The quantitative estimate of drug-likeness (QED) is 0.808. The maximum Gasteiger partial charge on any atom is 0.121 e. The Morgan fingerprint density at radius 3 is 2.53 bits per heavy atom. The third-order valence-corrected chi connectivity index (χ3v) is 3.09. The van der Waals surface area contributed by atoms with Gasteiger partial charge in [-0.05, 0) is 35.7 Å². The molecule has 2 rings (SSSR count). The summed E-state index contributed by atoms with van der Waals surface area (Å²) in [6.45, 7) is 4.36. The van der Waals surface area contributed by atoms with Gasteiger partial charge in [0.2, 0.25) is 0 Å². The molecule has 0 spiro atoms. The summed E-state index contributed by atoms with van der Waals surface area (Å²) in [4.78, 5) is 0. The molecule has 2 aromatic rings. The number of ether oxygens (including phenoxy) is 1. The van der Waals surface area contributed by atoms with Gasteiger partial charge in [0, 0.05) is 11.8 Å². The third-order valence-electron chi connectivity index (χ3n) is 3.09. The first-order chi connectivity index (χ1) is 9.10. The van der Waals surface area contributed by atoms with Gasteiger partial charge in [-0.3, -0.25) is 0 Å². The maximum absolute atomic E-state index is 6.00. The molecule has 0 heterocycles. The number of rotatable bonds is 4. The Labute approximate surface area is 114 Å². The molecule has 0 fully saturated rings. The molecular formula is C16H20N2O. The molecule has 0 unspecified atom stereocenters. The van der Waals surface area contributed by atoms with Gasteiger partial charge < -0.3 is 15.8 Å². The van der Waals surface area contributed by atoms with E-state index in [-0.39, 0.29) is 0 Å². The van der Waals surface area contributed by atoms with Crippen molar-refractivity contribution in [1.29, 1.82) is 0 Å². The molecule has 3 heteroatoms. The van der Waals surface area contributed by atoms with Crippen molar-refractivity contribution in [3.8, 4) is 5.75 Å². The Morgan fingerprint density at radius 2 is 1.89 bits per heavy atom. The van der Waals surface area contributed by atoms with Crippen LogP contribution in [0.4, 0.5) is 17.1 Å². The van der Waals surface area contributed by atoms with E-state index in [1.165, 1.54) is 5.56 Å². The summed E-state index contributed by atoms with van der Waals surface area (Å²) >= 11 is 0. The fraction of sp³-hybridized carbons (Fsp3) is 0.250. The summed E-state index contributed by atoms with van der Waals surface area (Å²) in [5.41, 5.74) is 9.91. The summed E-state index contributed by atoms with van der Waals surface area (Å²) in [7, 11) is 1.63. The molecule has 0 bridgehead atoms. The first kappa shape index (κ1) is 13.3. The molecule has 3 nitrogen and oxygen atoms in total. The Balaban J connectivity index is 2.23. The summed E-state index contributed by atoms with van der Waals surface area (Å²) in [6.07, 6.45) is 0. The van der Waals surface area contributed by atoms with E-state index in [4.69, 9.17) is 10.5 Å². The largest absolute Gasteiger partial charge is 0.497 e. The third kappa shape index (κ3) is 3.19. The Hall–Kier alpha value is -2.16. The van der Waals surface area contributed by atoms with Crippen molar-refractivity contribution in [3.05, 3.63) is 48.0 Å². The maximum atomic E-state index is 6.00. The molecule has 0 aliphatic carbocycles. The van der Waals surface area contributed by atoms with Crippen LogP contribution in [-0.4, -0.2) is 7.11 Å². The van der Waals surface area contributed by atoms with Gasteiger partial charge in [0.1, 0.15) is 5.75 Å². The second-order valence-electron chi connectivity index (χ2n) is 4.86. The molecule has 0 radical (unpaired) electrons. The first-order valence-corrected chi connectivity index (χ1v) is 6.40. The second kappa shape index (κ2) is 5.65. The number of methoxy groups -OCH3 is 1.